The van der Waals surface area contributed by atoms with E-state index in [1.807, 2.05) is 0 Å². The molecule has 0 amide bonds. The minimum Gasteiger partial charge on any atom is -0.465 e. The van der Waals surface area contributed by atoms with Gasteiger partial charge in [-0.2, -0.15) is 4.31 Å². The largest absolute Gasteiger partial charge is 0.465 e. The number of piperazine rings is 1. The van der Waals surface area contributed by atoms with E-state index in [9.17, 15) is 13.6 Å². The molecule has 0 aliphatic carbocycles. The van der Waals surface area contributed by atoms with Crippen molar-refractivity contribution < 1.29 is 18.3 Å². The van der Waals surface area contributed by atoms with E-state index in [0.717, 1.165) is 38.3 Å². The molecule has 162 valence electrons. The lowest BCUT2D eigenvalue weighted by molar-refractivity contribution is 0.0600. The summed E-state index contributed by atoms with van der Waals surface area (Å²) in [4.78, 5) is 18.1. The third-order valence-corrected chi connectivity index (χ3v) is 5.85. The Morgan fingerprint density at radius 1 is 1.20 bits per heavy atom. The van der Waals surface area contributed by atoms with Gasteiger partial charge in [0, 0.05) is 45.5 Å². The molecule has 1 aliphatic rings. The highest BCUT2D eigenvalue weighted by molar-refractivity contribution is 7.76. The zero-order chi connectivity index (χ0) is 21.3. The Balaban J connectivity index is 1.52. The van der Waals surface area contributed by atoms with E-state index in [4.69, 9.17) is 0 Å². The highest BCUT2D eigenvalue weighted by atomic mass is 32.2. The van der Waals surface area contributed by atoms with Crippen LogP contribution in [0.2, 0.25) is 0 Å². The third kappa shape index (κ3) is 6.68. The second-order valence-corrected chi connectivity index (χ2v) is 8.19. The molecule has 0 bridgehead atoms. The highest BCUT2D eigenvalue weighted by Crippen LogP contribution is 2.12. The number of nitrogens with one attached hydrogen (secondary N) is 1. The van der Waals surface area contributed by atoms with Gasteiger partial charge in [-0.05, 0) is 29.7 Å². The number of carbonyl (C=O) groups excluding carboxylic acids is 1. The van der Waals surface area contributed by atoms with Gasteiger partial charge in [-0.3, -0.25) is 14.4 Å². The number of ether oxygens (including phenoxy) is 1. The van der Waals surface area contributed by atoms with Crippen molar-refractivity contribution in [3.05, 3.63) is 65.0 Å². The van der Waals surface area contributed by atoms with Gasteiger partial charge in [-0.25, -0.2) is 9.00 Å². The Bertz CT molecular complexity index is 839. The molecule has 1 saturated heterocycles. The van der Waals surface area contributed by atoms with Crippen LogP contribution in [-0.2, 0) is 35.5 Å². The summed E-state index contributed by atoms with van der Waals surface area (Å²) in [6.45, 7) is 5.77. The molecule has 3 rings (SSSR count). The predicted octanol–water partition coefficient (Wildman–Crippen LogP) is 1.45. The first kappa shape index (κ1) is 22.5. The van der Waals surface area contributed by atoms with Gasteiger partial charge in [0.05, 0.1) is 24.9 Å². The molecule has 1 fully saturated rings. The number of hydrogen-bond donors (Lipinski definition) is 2. The van der Waals surface area contributed by atoms with Crippen LogP contribution in [0.1, 0.15) is 27.2 Å². The molecule has 1 unspecified atom stereocenters. The standard InChI is InChI=1S/C21H28N4O4S/c1-29-21(26)19-6-7-20(23-14-19)16-25(30(27)28)11-8-17-2-4-18(5-3-17)15-24-12-9-22-10-13-24/h2-7,14,22H,8-13,15-16H2,1H3,(H,27,28). The van der Waals surface area contributed by atoms with Crippen LogP contribution in [0.25, 0.3) is 0 Å². The summed E-state index contributed by atoms with van der Waals surface area (Å²) in [6.07, 6.45) is 2.07. The summed E-state index contributed by atoms with van der Waals surface area (Å²) in [5, 5.41) is 3.36. The van der Waals surface area contributed by atoms with Crippen molar-refractivity contribution in [2.45, 2.75) is 19.5 Å². The number of rotatable bonds is 9. The fourth-order valence-corrected chi connectivity index (χ4v) is 3.83. The van der Waals surface area contributed by atoms with Crippen molar-refractivity contribution in [3.8, 4) is 0 Å². The number of pyridine rings is 1. The molecule has 1 aliphatic heterocycles. The lowest BCUT2D eigenvalue weighted by Crippen LogP contribution is -2.42. The first-order valence-corrected chi connectivity index (χ1v) is 11.0. The molecular formula is C21H28N4O4S. The van der Waals surface area contributed by atoms with Crippen LogP contribution < -0.4 is 5.32 Å². The van der Waals surface area contributed by atoms with E-state index >= 15 is 0 Å². The van der Waals surface area contributed by atoms with Gasteiger partial charge in [-0.15, -0.1) is 0 Å². The Morgan fingerprint density at radius 2 is 1.90 bits per heavy atom. The minimum absolute atomic E-state index is 0.214. The van der Waals surface area contributed by atoms with Crippen molar-refractivity contribution in [2.24, 2.45) is 0 Å². The smallest absolute Gasteiger partial charge is 0.339 e. The molecule has 1 aromatic heterocycles. The molecular weight excluding hydrogens is 404 g/mol. The van der Waals surface area contributed by atoms with E-state index in [1.165, 1.54) is 23.2 Å². The number of benzene rings is 1. The first-order valence-electron chi connectivity index (χ1n) is 9.95. The fraction of sp³-hybridized carbons (Fsp3) is 0.429. The van der Waals surface area contributed by atoms with Gasteiger partial charge >= 0.3 is 5.97 Å². The quantitative estimate of drug-likeness (QED) is 0.457. The minimum atomic E-state index is -2.11. The van der Waals surface area contributed by atoms with Crippen LogP contribution in [0.3, 0.4) is 0 Å². The number of aromatic nitrogens is 1. The molecule has 1 atom stereocenters. The number of carbonyl (C=O) groups is 1. The number of nitrogens with zero attached hydrogens (tertiary/aromatic N) is 3. The molecule has 1 aromatic carbocycles. The predicted molar refractivity (Wildman–Crippen MR) is 115 cm³/mol. The third-order valence-electron chi connectivity index (χ3n) is 5.09. The molecule has 2 aromatic rings. The maximum absolute atomic E-state index is 11.7. The average Bonchev–Trinajstić information content (AvgIpc) is 2.78. The summed E-state index contributed by atoms with van der Waals surface area (Å²) < 4.78 is 27.5. The van der Waals surface area contributed by atoms with Crippen molar-refractivity contribution >= 4 is 17.2 Å². The van der Waals surface area contributed by atoms with E-state index in [2.05, 4.69) is 44.2 Å². The summed E-state index contributed by atoms with van der Waals surface area (Å²) in [5.41, 5.74) is 3.34. The number of esters is 1. The lowest BCUT2D eigenvalue weighted by Gasteiger charge is -2.27. The Hall–Kier alpha value is -2.17. The van der Waals surface area contributed by atoms with E-state index < -0.39 is 17.2 Å². The number of hydrogen-bond acceptors (Lipinski definition) is 6. The Labute approximate surface area is 179 Å². The molecule has 0 spiro atoms. The summed E-state index contributed by atoms with van der Waals surface area (Å²) in [7, 11) is 1.31. The van der Waals surface area contributed by atoms with Gasteiger partial charge in [0.2, 0.25) is 11.3 Å². The molecule has 30 heavy (non-hydrogen) atoms. The Morgan fingerprint density at radius 3 is 2.50 bits per heavy atom. The van der Waals surface area contributed by atoms with Crippen molar-refractivity contribution in [2.75, 3.05) is 39.8 Å². The molecule has 0 radical (unpaired) electrons. The summed E-state index contributed by atoms with van der Waals surface area (Å²) >= 11 is -2.11. The Kier molecular flexibility index (Phi) is 8.47. The second kappa shape index (κ2) is 11.3. The van der Waals surface area contributed by atoms with Gasteiger partial charge in [0.25, 0.3) is 0 Å². The molecule has 8 nitrogen and oxygen atoms in total. The molecule has 0 saturated carbocycles. The zero-order valence-corrected chi connectivity index (χ0v) is 17.9. The van der Waals surface area contributed by atoms with E-state index in [0.29, 0.717) is 24.2 Å². The van der Waals surface area contributed by atoms with Crippen LogP contribution >= 0.6 is 0 Å². The molecule has 2 N–H and O–H groups in total. The van der Waals surface area contributed by atoms with Crippen LogP contribution in [0.15, 0.2) is 42.6 Å². The maximum atomic E-state index is 11.7. The van der Waals surface area contributed by atoms with Crippen LogP contribution in [-0.4, -0.2) is 68.8 Å². The summed E-state index contributed by atoms with van der Waals surface area (Å²) in [5.74, 6) is -0.461. The second-order valence-electron chi connectivity index (χ2n) is 7.22. The fourth-order valence-electron chi connectivity index (χ4n) is 3.34. The maximum Gasteiger partial charge on any atom is 0.339 e. The van der Waals surface area contributed by atoms with Gasteiger partial charge in [-0.1, -0.05) is 24.3 Å². The van der Waals surface area contributed by atoms with Crippen molar-refractivity contribution in [1.82, 2.24) is 19.5 Å². The van der Waals surface area contributed by atoms with Crippen LogP contribution in [0, 0.1) is 0 Å². The van der Waals surface area contributed by atoms with Crippen molar-refractivity contribution in [1.29, 1.82) is 0 Å². The molecule has 9 heteroatoms. The molecule has 2 heterocycles. The van der Waals surface area contributed by atoms with Gasteiger partial charge < -0.3 is 10.1 Å². The van der Waals surface area contributed by atoms with Crippen LogP contribution in [0.4, 0.5) is 0 Å². The topological polar surface area (TPSA) is 95.0 Å². The average molecular weight is 433 g/mol. The SMILES string of the molecule is COC(=O)c1ccc(CN(CCc2ccc(CN3CCNCC3)cc2)S(=O)O)nc1. The van der Waals surface area contributed by atoms with Crippen LogP contribution in [0.5, 0.6) is 0 Å². The van der Waals surface area contributed by atoms with Crippen molar-refractivity contribution in [3.63, 3.8) is 0 Å². The highest BCUT2D eigenvalue weighted by Gasteiger charge is 2.14. The monoisotopic (exact) mass is 432 g/mol. The lowest BCUT2D eigenvalue weighted by atomic mass is 10.1. The van der Waals surface area contributed by atoms with Gasteiger partial charge in [0.15, 0.2) is 0 Å². The summed E-state index contributed by atoms with van der Waals surface area (Å²) in [6, 6.07) is 11.7. The number of methoxy groups -OCH3 is 1. The van der Waals surface area contributed by atoms with E-state index in [-0.39, 0.29) is 6.54 Å². The van der Waals surface area contributed by atoms with Gasteiger partial charge in [0.1, 0.15) is 0 Å². The zero-order valence-electron chi connectivity index (χ0n) is 17.1. The first-order chi connectivity index (χ1) is 14.5. The van der Waals surface area contributed by atoms with E-state index in [1.54, 1.807) is 12.1 Å². The normalized spacial score (nSPS) is 15.8.